The van der Waals surface area contributed by atoms with E-state index in [0.717, 1.165) is 55.0 Å². The van der Waals surface area contributed by atoms with Gasteiger partial charge >= 0.3 is 0 Å². The highest BCUT2D eigenvalue weighted by Crippen LogP contribution is 2.35. The summed E-state index contributed by atoms with van der Waals surface area (Å²) in [5.41, 5.74) is 4.36. The minimum absolute atomic E-state index is 0.657. The molecule has 2 atom stereocenters. The Balaban J connectivity index is 1.50. The molecule has 0 bridgehead atoms. The lowest BCUT2D eigenvalue weighted by molar-refractivity contribution is 0.533. The third kappa shape index (κ3) is 2.60. The highest BCUT2D eigenvalue weighted by molar-refractivity contribution is 5.49. The van der Waals surface area contributed by atoms with E-state index in [9.17, 15) is 0 Å². The number of aromatic nitrogens is 4. The fourth-order valence-corrected chi connectivity index (χ4v) is 4.02. The Kier molecular flexibility index (Phi) is 3.62. The summed E-state index contributed by atoms with van der Waals surface area (Å²) >= 11 is 0. The zero-order valence-corrected chi connectivity index (χ0v) is 14.8. The zero-order valence-electron chi connectivity index (χ0n) is 14.8. The van der Waals surface area contributed by atoms with E-state index in [1.165, 1.54) is 5.56 Å². The minimum Gasteiger partial charge on any atom is -0.356 e. The Hall–Kier alpha value is -2.24. The van der Waals surface area contributed by atoms with E-state index >= 15 is 0 Å². The average Bonchev–Trinajstić information content (AvgIpc) is 3.07. The second-order valence-electron chi connectivity index (χ2n) is 7.19. The van der Waals surface area contributed by atoms with E-state index in [1.54, 1.807) is 6.33 Å². The summed E-state index contributed by atoms with van der Waals surface area (Å²) in [7, 11) is 0. The van der Waals surface area contributed by atoms with Crippen molar-refractivity contribution in [2.75, 3.05) is 36.0 Å². The maximum atomic E-state index is 4.63. The van der Waals surface area contributed by atoms with Gasteiger partial charge in [0.15, 0.2) is 0 Å². The molecule has 2 aromatic rings. The van der Waals surface area contributed by atoms with E-state index < -0.39 is 0 Å². The van der Waals surface area contributed by atoms with Crippen LogP contribution in [0.15, 0.2) is 12.4 Å². The van der Waals surface area contributed by atoms with Crippen LogP contribution < -0.4 is 9.80 Å². The van der Waals surface area contributed by atoms with E-state index in [0.29, 0.717) is 11.8 Å². The van der Waals surface area contributed by atoms with Crippen molar-refractivity contribution in [1.29, 1.82) is 0 Å². The van der Waals surface area contributed by atoms with Crippen molar-refractivity contribution < 1.29 is 0 Å². The Labute approximate surface area is 143 Å². The normalized spacial score (nSPS) is 23.0. The number of nitrogens with zero attached hydrogens (tertiary/aromatic N) is 6. The van der Waals surface area contributed by atoms with Gasteiger partial charge in [-0.3, -0.25) is 0 Å². The van der Waals surface area contributed by atoms with Crippen LogP contribution in [0.2, 0.25) is 0 Å². The van der Waals surface area contributed by atoms with Gasteiger partial charge < -0.3 is 9.80 Å². The maximum absolute atomic E-state index is 4.63. The van der Waals surface area contributed by atoms with Crippen LogP contribution in [-0.2, 0) is 0 Å². The number of hydrogen-bond donors (Lipinski definition) is 0. The summed E-state index contributed by atoms with van der Waals surface area (Å²) < 4.78 is 0. The molecule has 0 aliphatic carbocycles. The van der Waals surface area contributed by atoms with Gasteiger partial charge in [0.1, 0.15) is 12.1 Å². The Morgan fingerprint density at radius 3 is 2.04 bits per heavy atom. The fourth-order valence-electron chi connectivity index (χ4n) is 4.02. The number of fused-ring (bicyclic) bond motifs is 1. The highest BCUT2D eigenvalue weighted by Gasteiger charge is 2.41. The predicted octanol–water partition coefficient (Wildman–Crippen LogP) is 2.07. The van der Waals surface area contributed by atoms with Crippen LogP contribution in [-0.4, -0.2) is 46.1 Å². The van der Waals surface area contributed by atoms with E-state index in [4.69, 9.17) is 0 Å². The summed E-state index contributed by atoms with van der Waals surface area (Å²) in [5.74, 6) is 3.31. The summed E-state index contributed by atoms with van der Waals surface area (Å²) in [5, 5.41) is 0. The van der Waals surface area contributed by atoms with E-state index in [1.807, 2.05) is 19.9 Å². The van der Waals surface area contributed by atoms with Crippen molar-refractivity contribution in [2.24, 2.45) is 11.8 Å². The van der Waals surface area contributed by atoms with Gasteiger partial charge in [0, 0.05) is 60.7 Å². The number of rotatable bonds is 2. The van der Waals surface area contributed by atoms with Crippen molar-refractivity contribution >= 4 is 11.8 Å². The molecule has 2 unspecified atom stereocenters. The van der Waals surface area contributed by atoms with Gasteiger partial charge in [-0.15, -0.1) is 0 Å². The Morgan fingerprint density at radius 2 is 1.42 bits per heavy atom. The average molecular weight is 324 g/mol. The molecular weight excluding hydrogens is 300 g/mol. The topological polar surface area (TPSA) is 58.0 Å². The lowest BCUT2D eigenvalue weighted by atomic mass is 10.0. The number of anilines is 2. The molecule has 2 aromatic heterocycles. The number of aryl methyl sites for hydroxylation is 3. The van der Waals surface area contributed by atoms with Crippen LogP contribution in [0.4, 0.5) is 11.8 Å². The second-order valence-corrected chi connectivity index (χ2v) is 7.19. The van der Waals surface area contributed by atoms with Crippen LogP contribution in [0.1, 0.15) is 22.6 Å². The lowest BCUT2D eigenvalue weighted by Gasteiger charge is -2.24. The standard InChI is InChI=1S/C18H24N6/c1-11-5-12(2)22-18(21-11)24-8-15-6-23(7-16(15)9-24)17-13(3)14(4)19-10-20-17/h5,10,15-16H,6-9H2,1-4H3. The van der Waals surface area contributed by atoms with Crippen LogP contribution in [0.3, 0.4) is 0 Å². The molecule has 4 heterocycles. The summed E-state index contributed by atoms with van der Waals surface area (Å²) in [6.45, 7) is 12.4. The Bertz CT molecular complexity index is 740. The molecule has 0 N–H and O–H groups in total. The van der Waals surface area contributed by atoms with E-state index in [2.05, 4.69) is 43.6 Å². The van der Waals surface area contributed by atoms with Crippen LogP contribution in [0, 0.1) is 39.5 Å². The molecule has 0 saturated carbocycles. The molecule has 0 spiro atoms. The number of hydrogen-bond acceptors (Lipinski definition) is 6. The molecule has 6 nitrogen and oxygen atoms in total. The van der Waals surface area contributed by atoms with Gasteiger partial charge in [0.25, 0.3) is 0 Å². The van der Waals surface area contributed by atoms with Crippen LogP contribution in [0.25, 0.3) is 0 Å². The molecule has 24 heavy (non-hydrogen) atoms. The van der Waals surface area contributed by atoms with Gasteiger partial charge in [-0.2, -0.15) is 0 Å². The van der Waals surface area contributed by atoms with Gasteiger partial charge in [-0.1, -0.05) is 0 Å². The summed E-state index contributed by atoms with van der Waals surface area (Å²) in [4.78, 5) is 22.8. The maximum Gasteiger partial charge on any atom is 0.225 e. The quantitative estimate of drug-likeness (QED) is 0.843. The first-order valence-electron chi connectivity index (χ1n) is 8.61. The summed E-state index contributed by atoms with van der Waals surface area (Å²) in [6.07, 6.45) is 1.68. The van der Waals surface area contributed by atoms with Crippen molar-refractivity contribution in [3.63, 3.8) is 0 Å². The lowest BCUT2D eigenvalue weighted by Crippen LogP contribution is -2.30. The van der Waals surface area contributed by atoms with Gasteiger partial charge in [-0.05, 0) is 33.8 Å². The SMILES string of the molecule is Cc1cc(C)nc(N2CC3CN(c4ncnc(C)c4C)CC3C2)n1. The molecule has 2 saturated heterocycles. The molecule has 0 radical (unpaired) electrons. The minimum atomic E-state index is 0.657. The van der Waals surface area contributed by atoms with Gasteiger partial charge in [0.2, 0.25) is 5.95 Å². The van der Waals surface area contributed by atoms with Crippen LogP contribution >= 0.6 is 0 Å². The van der Waals surface area contributed by atoms with Crippen LogP contribution in [0.5, 0.6) is 0 Å². The zero-order chi connectivity index (χ0) is 16.8. The molecule has 0 aromatic carbocycles. The molecule has 2 aliphatic rings. The monoisotopic (exact) mass is 324 g/mol. The second kappa shape index (κ2) is 5.69. The predicted molar refractivity (Wildman–Crippen MR) is 94.4 cm³/mol. The third-order valence-corrected chi connectivity index (χ3v) is 5.35. The first-order valence-corrected chi connectivity index (χ1v) is 8.61. The van der Waals surface area contributed by atoms with Crippen molar-refractivity contribution in [1.82, 2.24) is 19.9 Å². The Morgan fingerprint density at radius 1 is 0.833 bits per heavy atom. The first-order chi connectivity index (χ1) is 11.5. The molecule has 4 rings (SSSR count). The fraction of sp³-hybridized carbons (Fsp3) is 0.556. The third-order valence-electron chi connectivity index (χ3n) is 5.35. The molecule has 6 heteroatoms. The van der Waals surface area contributed by atoms with Gasteiger partial charge in [-0.25, -0.2) is 19.9 Å². The molecule has 126 valence electrons. The largest absolute Gasteiger partial charge is 0.356 e. The molecular formula is C18H24N6. The van der Waals surface area contributed by atoms with Crippen molar-refractivity contribution in [2.45, 2.75) is 27.7 Å². The molecule has 0 amide bonds. The smallest absolute Gasteiger partial charge is 0.225 e. The van der Waals surface area contributed by atoms with Crippen molar-refractivity contribution in [3.05, 3.63) is 35.0 Å². The highest BCUT2D eigenvalue weighted by atomic mass is 15.3. The molecule has 2 fully saturated rings. The summed E-state index contributed by atoms with van der Waals surface area (Å²) in [6, 6.07) is 2.03. The molecule has 2 aliphatic heterocycles. The first kappa shape index (κ1) is 15.3. The van der Waals surface area contributed by atoms with Gasteiger partial charge in [0.05, 0.1) is 0 Å². The van der Waals surface area contributed by atoms with E-state index in [-0.39, 0.29) is 0 Å². The van der Waals surface area contributed by atoms with Crippen molar-refractivity contribution in [3.8, 4) is 0 Å².